The molecule has 60 valence electrons. The Bertz CT molecular complexity index is 229. The van der Waals surface area contributed by atoms with E-state index in [9.17, 15) is 0 Å². The molecule has 0 unspecified atom stereocenters. The molecule has 0 aliphatic rings. The van der Waals surface area contributed by atoms with Crippen molar-refractivity contribution in [1.29, 1.82) is 0 Å². The van der Waals surface area contributed by atoms with Gasteiger partial charge in [-0.05, 0) is 26.0 Å². The van der Waals surface area contributed by atoms with Crippen LogP contribution in [-0.4, -0.2) is 0 Å². The van der Waals surface area contributed by atoms with E-state index < -0.39 is 0 Å². The summed E-state index contributed by atoms with van der Waals surface area (Å²) in [6.45, 7) is 11.8. The molecule has 0 bridgehead atoms. The highest BCUT2D eigenvalue weighted by Gasteiger charge is 2.14. The summed E-state index contributed by atoms with van der Waals surface area (Å²) in [6.07, 6.45) is 4.20. The standard InChI is InChI=1S/C11H16/c1-6-8-10(3)11(4,5)9-7-2/h7,9H,1H2,2-5H3. The van der Waals surface area contributed by atoms with Gasteiger partial charge in [0.2, 0.25) is 0 Å². The maximum atomic E-state index is 3.49. The largest absolute Gasteiger partial charge is 0.0908 e. The molecule has 0 heteroatoms. The van der Waals surface area contributed by atoms with Gasteiger partial charge in [-0.1, -0.05) is 37.5 Å². The first-order chi connectivity index (χ1) is 5.04. The van der Waals surface area contributed by atoms with Crippen LogP contribution in [0.3, 0.4) is 0 Å². The van der Waals surface area contributed by atoms with Crippen molar-refractivity contribution in [2.45, 2.75) is 27.7 Å². The Hall–Kier alpha value is -0.960. The van der Waals surface area contributed by atoms with Crippen LogP contribution in [0, 0.1) is 5.41 Å². The van der Waals surface area contributed by atoms with Crippen LogP contribution in [0.15, 0.2) is 35.8 Å². The second-order valence-corrected chi connectivity index (χ2v) is 3.15. The fourth-order valence-corrected chi connectivity index (χ4v) is 0.835. The Morgan fingerprint density at radius 1 is 1.45 bits per heavy atom. The summed E-state index contributed by atoms with van der Waals surface area (Å²) in [4.78, 5) is 0. The van der Waals surface area contributed by atoms with Gasteiger partial charge in [0.15, 0.2) is 0 Å². The Morgan fingerprint density at radius 2 is 2.00 bits per heavy atom. The third-order valence-corrected chi connectivity index (χ3v) is 1.83. The molecule has 0 aliphatic heterocycles. The van der Waals surface area contributed by atoms with E-state index >= 15 is 0 Å². The molecule has 11 heavy (non-hydrogen) atoms. The third kappa shape index (κ3) is 3.09. The number of hydrogen-bond acceptors (Lipinski definition) is 0. The molecule has 0 N–H and O–H groups in total. The molecule has 0 aliphatic carbocycles. The predicted molar refractivity (Wildman–Crippen MR) is 50.4 cm³/mol. The highest BCUT2D eigenvalue weighted by atomic mass is 14.2. The van der Waals surface area contributed by atoms with Crippen LogP contribution in [0.1, 0.15) is 27.7 Å². The zero-order valence-corrected chi connectivity index (χ0v) is 7.86. The van der Waals surface area contributed by atoms with Crippen molar-refractivity contribution in [1.82, 2.24) is 0 Å². The molecule has 0 aromatic rings. The van der Waals surface area contributed by atoms with Crippen LogP contribution >= 0.6 is 0 Å². The van der Waals surface area contributed by atoms with Gasteiger partial charge in [0.25, 0.3) is 0 Å². The molecule has 0 saturated carbocycles. The average molecular weight is 148 g/mol. The molecule has 0 rings (SSSR count). The van der Waals surface area contributed by atoms with Gasteiger partial charge in [-0.15, -0.1) is 0 Å². The second kappa shape index (κ2) is 4.03. The van der Waals surface area contributed by atoms with Gasteiger partial charge in [-0.3, -0.25) is 0 Å². The minimum absolute atomic E-state index is 0.0828. The van der Waals surface area contributed by atoms with Crippen molar-refractivity contribution in [3.05, 3.63) is 35.8 Å². The van der Waals surface area contributed by atoms with Crippen molar-refractivity contribution in [3.63, 3.8) is 0 Å². The number of allylic oxidation sites excluding steroid dienone is 3. The minimum atomic E-state index is 0.0828. The lowest BCUT2D eigenvalue weighted by Crippen LogP contribution is -2.07. The van der Waals surface area contributed by atoms with E-state index in [1.54, 1.807) is 0 Å². The lowest BCUT2D eigenvalue weighted by Gasteiger charge is -2.18. The Morgan fingerprint density at radius 3 is 2.36 bits per heavy atom. The zero-order chi connectivity index (χ0) is 8.91. The fourth-order valence-electron chi connectivity index (χ4n) is 0.835. The molecule has 0 atom stereocenters. The smallest absolute Gasteiger partial charge is 0.0114 e. The molecular formula is C11H16. The summed E-state index contributed by atoms with van der Waals surface area (Å²) in [7, 11) is 0. The van der Waals surface area contributed by atoms with Gasteiger partial charge in [0.1, 0.15) is 0 Å². The zero-order valence-electron chi connectivity index (χ0n) is 7.86. The monoisotopic (exact) mass is 148 g/mol. The van der Waals surface area contributed by atoms with E-state index in [1.807, 2.05) is 19.9 Å². The van der Waals surface area contributed by atoms with Crippen LogP contribution in [0.2, 0.25) is 0 Å². The topological polar surface area (TPSA) is 0 Å². The fraction of sp³-hybridized carbons (Fsp3) is 0.455. The van der Waals surface area contributed by atoms with Gasteiger partial charge >= 0.3 is 0 Å². The molecule has 0 saturated heterocycles. The maximum absolute atomic E-state index is 3.49. The summed E-state index contributed by atoms with van der Waals surface area (Å²) in [6, 6.07) is 0. The van der Waals surface area contributed by atoms with Gasteiger partial charge in [-0.2, -0.15) is 0 Å². The maximum Gasteiger partial charge on any atom is 0.0114 e. The first-order valence-corrected chi connectivity index (χ1v) is 3.80. The summed E-state index contributed by atoms with van der Waals surface area (Å²) >= 11 is 0. The Labute approximate surface area is 69.6 Å². The molecule has 0 radical (unpaired) electrons. The van der Waals surface area contributed by atoms with Crippen molar-refractivity contribution < 1.29 is 0 Å². The SMILES string of the molecule is C=C=C=C(C)C(C)(C)C=CC. The first-order valence-electron chi connectivity index (χ1n) is 3.80. The molecule has 0 spiro atoms. The summed E-state index contributed by atoms with van der Waals surface area (Å²) in [5, 5.41) is 0. The van der Waals surface area contributed by atoms with Crippen LogP contribution in [0.5, 0.6) is 0 Å². The highest BCUT2D eigenvalue weighted by molar-refractivity contribution is 5.16. The lowest BCUT2D eigenvalue weighted by molar-refractivity contribution is 0.580. The molecule has 0 aromatic heterocycles. The van der Waals surface area contributed by atoms with Crippen molar-refractivity contribution in [2.24, 2.45) is 5.41 Å². The van der Waals surface area contributed by atoms with E-state index in [-0.39, 0.29) is 5.41 Å². The number of rotatable bonds is 2. The van der Waals surface area contributed by atoms with Crippen LogP contribution in [-0.2, 0) is 0 Å². The summed E-state index contributed by atoms with van der Waals surface area (Å²) < 4.78 is 0. The normalized spacial score (nSPS) is 10.9. The van der Waals surface area contributed by atoms with Crippen molar-refractivity contribution >= 4 is 0 Å². The van der Waals surface area contributed by atoms with Crippen molar-refractivity contribution in [2.75, 3.05) is 0 Å². The van der Waals surface area contributed by atoms with E-state index in [4.69, 9.17) is 0 Å². The summed E-state index contributed by atoms with van der Waals surface area (Å²) in [5.41, 5.74) is 6.88. The van der Waals surface area contributed by atoms with E-state index in [0.29, 0.717) is 0 Å². The molecular weight excluding hydrogens is 132 g/mol. The molecule has 0 fully saturated rings. The number of hydrogen-bond donors (Lipinski definition) is 0. The predicted octanol–water partition coefficient (Wildman–Crippen LogP) is 3.48. The van der Waals surface area contributed by atoms with Gasteiger partial charge in [0.05, 0.1) is 0 Å². The van der Waals surface area contributed by atoms with E-state index in [1.165, 1.54) is 0 Å². The average Bonchev–Trinajstić information content (AvgIpc) is 1.88. The van der Waals surface area contributed by atoms with Gasteiger partial charge in [-0.25, -0.2) is 0 Å². The quantitative estimate of drug-likeness (QED) is 0.415. The van der Waals surface area contributed by atoms with Crippen LogP contribution in [0.25, 0.3) is 0 Å². The summed E-state index contributed by atoms with van der Waals surface area (Å²) in [5.74, 6) is 0. The molecule has 0 amide bonds. The molecule has 0 aromatic carbocycles. The molecule has 0 nitrogen and oxygen atoms in total. The first kappa shape index (κ1) is 10.0. The Kier molecular flexibility index (Phi) is 3.68. The van der Waals surface area contributed by atoms with Crippen molar-refractivity contribution in [3.8, 4) is 0 Å². The highest BCUT2D eigenvalue weighted by Crippen LogP contribution is 2.26. The van der Waals surface area contributed by atoms with Crippen LogP contribution < -0.4 is 0 Å². The van der Waals surface area contributed by atoms with E-state index in [2.05, 4.69) is 38.0 Å². The lowest BCUT2D eigenvalue weighted by atomic mass is 9.85. The van der Waals surface area contributed by atoms with E-state index in [0.717, 1.165) is 5.57 Å². The third-order valence-electron chi connectivity index (χ3n) is 1.83. The van der Waals surface area contributed by atoms with Gasteiger partial charge < -0.3 is 0 Å². The molecule has 0 heterocycles. The van der Waals surface area contributed by atoms with Gasteiger partial charge in [0, 0.05) is 5.41 Å². The Balaban J connectivity index is 4.84. The second-order valence-electron chi connectivity index (χ2n) is 3.15. The van der Waals surface area contributed by atoms with Crippen LogP contribution in [0.4, 0.5) is 0 Å². The minimum Gasteiger partial charge on any atom is -0.0908 e.